The largest absolute Gasteiger partial charge is 0.321 e. The average molecular weight is 193 g/mol. The first kappa shape index (κ1) is 9.71. The molecule has 1 aromatic rings. The number of nitrogens with one attached hydrogen (secondary N) is 1. The minimum absolute atomic E-state index is 0.311. The molecule has 3 heteroatoms. The van der Waals surface area contributed by atoms with Gasteiger partial charge in [0.2, 0.25) is 0 Å². The van der Waals surface area contributed by atoms with Crippen molar-refractivity contribution in [3.63, 3.8) is 0 Å². The Labute approximate surface area is 85.1 Å². The second-order valence-corrected chi connectivity index (χ2v) is 4.81. The maximum Gasteiger partial charge on any atom is 0.0849 e. The minimum Gasteiger partial charge on any atom is -0.321 e. The monoisotopic (exact) mass is 193 g/mol. The number of fused-ring (bicyclic) bond motifs is 1. The van der Waals surface area contributed by atoms with Crippen LogP contribution in [0.3, 0.4) is 0 Å². The molecule has 2 rings (SSSR count). The first-order valence-electron chi connectivity index (χ1n) is 5.44. The highest BCUT2D eigenvalue weighted by molar-refractivity contribution is 5.31. The highest BCUT2D eigenvalue weighted by Crippen LogP contribution is 2.26. The van der Waals surface area contributed by atoms with Crippen molar-refractivity contribution in [1.29, 1.82) is 0 Å². The molecule has 0 spiro atoms. The molecule has 0 bridgehead atoms. The van der Waals surface area contributed by atoms with Crippen molar-refractivity contribution in [2.75, 3.05) is 0 Å². The Balaban J connectivity index is 2.39. The Hall–Kier alpha value is -0.830. The molecule has 0 radical (unpaired) electrons. The molecule has 14 heavy (non-hydrogen) atoms. The lowest BCUT2D eigenvalue weighted by atomic mass is 9.95. The van der Waals surface area contributed by atoms with Gasteiger partial charge in [0.05, 0.1) is 11.2 Å². The molecular weight excluding hydrogens is 174 g/mol. The quantitative estimate of drug-likeness (QED) is 0.669. The van der Waals surface area contributed by atoms with Gasteiger partial charge in [-0.25, -0.2) is 0 Å². The number of nitrogens with two attached hydrogens (primary N) is 1. The SMILES string of the molecule is CC(C)(N)c1n[nH]c2c1CCCCC2. The van der Waals surface area contributed by atoms with Crippen LogP contribution in [0.2, 0.25) is 0 Å². The van der Waals surface area contributed by atoms with Crippen molar-refractivity contribution in [2.24, 2.45) is 5.73 Å². The molecule has 0 aliphatic heterocycles. The number of rotatable bonds is 1. The van der Waals surface area contributed by atoms with Gasteiger partial charge in [-0.2, -0.15) is 5.10 Å². The van der Waals surface area contributed by atoms with Crippen molar-refractivity contribution in [2.45, 2.75) is 51.5 Å². The maximum atomic E-state index is 6.09. The number of hydrogen-bond acceptors (Lipinski definition) is 2. The summed E-state index contributed by atoms with van der Waals surface area (Å²) in [5, 5.41) is 7.50. The van der Waals surface area contributed by atoms with E-state index in [1.807, 2.05) is 13.8 Å². The van der Waals surface area contributed by atoms with Crippen LogP contribution in [-0.4, -0.2) is 10.2 Å². The van der Waals surface area contributed by atoms with E-state index in [0.29, 0.717) is 0 Å². The Morgan fingerprint density at radius 3 is 2.64 bits per heavy atom. The second-order valence-electron chi connectivity index (χ2n) is 4.81. The summed E-state index contributed by atoms with van der Waals surface area (Å²) in [7, 11) is 0. The van der Waals surface area contributed by atoms with E-state index in [-0.39, 0.29) is 5.54 Å². The fourth-order valence-electron chi connectivity index (χ4n) is 2.19. The van der Waals surface area contributed by atoms with Crippen LogP contribution in [0, 0.1) is 0 Å². The molecule has 1 aliphatic carbocycles. The third-order valence-electron chi connectivity index (χ3n) is 2.92. The minimum atomic E-state index is -0.311. The van der Waals surface area contributed by atoms with Gasteiger partial charge in [-0.3, -0.25) is 5.10 Å². The first-order chi connectivity index (χ1) is 6.59. The molecule has 3 nitrogen and oxygen atoms in total. The molecule has 0 amide bonds. The van der Waals surface area contributed by atoms with Gasteiger partial charge >= 0.3 is 0 Å². The lowest BCUT2D eigenvalue weighted by Crippen LogP contribution is -2.30. The van der Waals surface area contributed by atoms with Gasteiger partial charge in [0, 0.05) is 5.69 Å². The van der Waals surface area contributed by atoms with Crippen LogP contribution in [0.5, 0.6) is 0 Å². The predicted molar refractivity (Wildman–Crippen MR) is 57.1 cm³/mol. The van der Waals surface area contributed by atoms with Crippen molar-refractivity contribution in [3.8, 4) is 0 Å². The van der Waals surface area contributed by atoms with Gasteiger partial charge in [0.25, 0.3) is 0 Å². The molecule has 0 fully saturated rings. The van der Waals surface area contributed by atoms with Gasteiger partial charge < -0.3 is 5.73 Å². The van der Waals surface area contributed by atoms with Crippen LogP contribution in [0.4, 0.5) is 0 Å². The van der Waals surface area contributed by atoms with Crippen molar-refractivity contribution in [3.05, 3.63) is 17.0 Å². The van der Waals surface area contributed by atoms with E-state index in [2.05, 4.69) is 10.2 Å². The standard InChI is InChI=1S/C11H19N3/c1-11(2,12)10-8-6-4-3-5-7-9(8)13-14-10/h3-7,12H2,1-2H3,(H,13,14). The number of aryl methyl sites for hydroxylation is 1. The molecule has 0 unspecified atom stereocenters. The van der Waals surface area contributed by atoms with Gasteiger partial charge in [0.15, 0.2) is 0 Å². The molecule has 78 valence electrons. The molecular formula is C11H19N3. The van der Waals surface area contributed by atoms with Crippen LogP contribution < -0.4 is 5.73 Å². The van der Waals surface area contributed by atoms with Gasteiger partial charge in [-0.15, -0.1) is 0 Å². The van der Waals surface area contributed by atoms with Crippen LogP contribution >= 0.6 is 0 Å². The molecule has 1 heterocycles. The number of nitrogens with zero attached hydrogens (tertiary/aromatic N) is 1. The Morgan fingerprint density at radius 1 is 1.21 bits per heavy atom. The molecule has 0 saturated carbocycles. The van der Waals surface area contributed by atoms with E-state index in [9.17, 15) is 0 Å². The molecule has 3 N–H and O–H groups in total. The molecule has 0 saturated heterocycles. The summed E-state index contributed by atoms with van der Waals surface area (Å²) in [5.74, 6) is 0. The Kier molecular flexibility index (Phi) is 2.35. The molecule has 1 aliphatic rings. The second kappa shape index (κ2) is 3.39. The van der Waals surface area contributed by atoms with Crippen molar-refractivity contribution >= 4 is 0 Å². The zero-order valence-electron chi connectivity index (χ0n) is 9.06. The maximum absolute atomic E-state index is 6.09. The lowest BCUT2D eigenvalue weighted by Gasteiger charge is -2.17. The van der Waals surface area contributed by atoms with Crippen LogP contribution in [0.1, 0.15) is 50.1 Å². The summed E-state index contributed by atoms with van der Waals surface area (Å²) in [6, 6.07) is 0. The van der Waals surface area contributed by atoms with Crippen molar-refractivity contribution < 1.29 is 0 Å². The van der Waals surface area contributed by atoms with E-state index in [1.54, 1.807) is 0 Å². The Morgan fingerprint density at radius 2 is 1.93 bits per heavy atom. The van der Waals surface area contributed by atoms with E-state index in [4.69, 9.17) is 5.73 Å². The number of H-pyrrole nitrogens is 1. The average Bonchev–Trinajstić information content (AvgIpc) is 2.36. The highest BCUT2D eigenvalue weighted by Gasteiger charge is 2.24. The number of aromatic amines is 1. The molecule has 1 aromatic heterocycles. The van der Waals surface area contributed by atoms with E-state index >= 15 is 0 Å². The summed E-state index contributed by atoms with van der Waals surface area (Å²) in [6.07, 6.45) is 6.16. The van der Waals surface area contributed by atoms with E-state index in [1.165, 1.54) is 30.5 Å². The fourth-order valence-corrected chi connectivity index (χ4v) is 2.19. The zero-order chi connectivity index (χ0) is 10.2. The number of hydrogen-bond donors (Lipinski definition) is 2. The third-order valence-corrected chi connectivity index (χ3v) is 2.92. The summed E-state index contributed by atoms with van der Waals surface area (Å²) in [6.45, 7) is 4.04. The van der Waals surface area contributed by atoms with Gasteiger partial charge in [-0.1, -0.05) is 6.42 Å². The molecule has 0 aromatic carbocycles. The normalized spacial score (nSPS) is 17.6. The van der Waals surface area contributed by atoms with E-state index < -0.39 is 0 Å². The lowest BCUT2D eigenvalue weighted by molar-refractivity contribution is 0.526. The highest BCUT2D eigenvalue weighted by atomic mass is 15.1. The fraction of sp³-hybridized carbons (Fsp3) is 0.727. The summed E-state index contributed by atoms with van der Waals surface area (Å²) < 4.78 is 0. The van der Waals surface area contributed by atoms with Gasteiger partial charge in [-0.05, 0) is 45.1 Å². The summed E-state index contributed by atoms with van der Waals surface area (Å²) >= 11 is 0. The molecule has 0 atom stereocenters. The first-order valence-corrected chi connectivity index (χ1v) is 5.44. The summed E-state index contributed by atoms with van der Waals surface area (Å²) in [4.78, 5) is 0. The predicted octanol–water partition coefficient (Wildman–Crippen LogP) is 1.87. The Bertz CT molecular complexity index is 320. The topological polar surface area (TPSA) is 54.7 Å². The van der Waals surface area contributed by atoms with Gasteiger partial charge in [0.1, 0.15) is 0 Å². The van der Waals surface area contributed by atoms with Crippen LogP contribution in [0.15, 0.2) is 0 Å². The number of aromatic nitrogens is 2. The van der Waals surface area contributed by atoms with E-state index in [0.717, 1.165) is 18.5 Å². The zero-order valence-corrected chi connectivity index (χ0v) is 9.06. The summed E-state index contributed by atoms with van der Waals surface area (Å²) in [5.41, 5.74) is 9.55. The smallest absolute Gasteiger partial charge is 0.0849 e. The van der Waals surface area contributed by atoms with Crippen LogP contribution in [-0.2, 0) is 18.4 Å². The van der Waals surface area contributed by atoms with Crippen molar-refractivity contribution in [1.82, 2.24) is 10.2 Å². The third kappa shape index (κ3) is 1.69. The van der Waals surface area contributed by atoms with Crippen LogP contribution in [0.25, 0.3) is 0 Å².